The minimum absolute atomic E-state index is 0.216. The summed E-state index contributed by atoms with van der Waals surface area (Å²) in [7, 11) is 1.95. The molecule has 1 aromatic carbocycles. The topological polar surface area (TPSA) is 66.6 Å². The van der Waals surface area contributed by atoms with Crippen molar-refractivity contribution in [3.8, 4) is 0 Å². The molecule has 1 aliphatic carbocycles. The third-order valence-corrected chi connectivity index (χ3v) is 3.74. The Morgan fingerprint density at radius 3 is 2.95 bits per heavy atom. The molecule has 1 saturated carbocycles. The van der Waals surface area contributed by atoms with Crippen molar-refractivity contribution >= 4 is 23.1 Å². The highest BCUT2D eigenvalue weighted by Crippen LogP contribution is 2.38. The normalized spacial score (nSPS) is 21.6. The van der Waals surface area contributed by atoms with Gasteiger partial charge in [-0.15, -0.1) is 0 Å². The summed E-state index contributed by atoms with van der Waals surface area (Å²) in [5, 5.41) is 8.94. The van der Waals surface area contributed by atoms with E-state index in [2.05, 4.69) is 11.9 Å². The van der Waals surface area contributed by atoms with Crippen LogP contribution in [0.3, 0.4) is 0 Å². The van der Waals surface area contributed by atoms with Crippen molar-refractivity contribution in [1.29, 1.82) is 0 Å². The quantitative estimate of drug-likeness (QED) is 0.915. The van der Waals surface area contributed by atoms with Gasteiger partial charge < -0.3 is 14.4 Å². The summed E-state index contributed by atoms with van der Waals surface area (Å²) < 4.78 is 5.64. The molecule has 0 bridgehead atoms. The molecule has 1 fully saturated rings. The van der Waals surface area contributed by atoms with Gasteiger partial charge in [-0.3, -0.25) is 0 Å². The predicted octanol–water partition coefficient (Wildman–Crippen LogP) is 2.62. The minimum atomic E-state index is -0.958. The van der Waals surface area contributed by atoms with Crippen molar-refractivity contribution in [3.05, 3.63) is 23.8 Å². The third kappa shape index (κ3) is 2.28. The Balaban J connectivity index is 1.86. The van der Waals surface area contributed by atoms with Gasteiger partial charge in [-0.05, 0) is 36.5 Å². The highest BCUT2D eigenvalue weighted by Gasteiger charge is 2.34. The lowest BCUT2D eigenvalue weighted by atomic mass is 10.2. The summed E-state index contributed by atoms with van der Waals surface area (Å²) in [5.74, 6) is 0.542. The van der Waals surface area contributed by atoms with Gasteiger partial charge in [0.25, 0.3) is 6.01 Å². The average Bonchev–Trinajstić information content (AvgIpc) is 2.92. The number of carboxylic acid groups (broad SMARTS) is 1. The molecule has 0 spiro atoms. The molecule has 1 aliphatic rings. The maximum Gasteiger partial charge on any atom is 0.335 e. The summed E-state index contributed by atoms with van der Waals surface area (Å²) in [6, 6.07) is 5.29. The number of aromatic carboxylic acids is 1. The SMILES string of the molecule is CC1CC1CN(C)c1nc2ccc(C(=O)O)cc2o1. The smallest absolute Gasteiger partial charge is 0.335 e. The van der Waals surface area contributed by atoms with E-state index >= 15 is 0 Å². The molecule has 5 heteroatoms. The van der Waals surface area contributed by atoms with E-state index in [1.54, 1.807) is 12.1 Å². The van der Waals surface area contributed by atoms with Crippen LogP contribution in [-0.2, 0) is 0 Å². The third-order valence-electron chi connectivity index (χ3n) is 3.74. The number of oxazole rings is 1. The zero-order chi connectivity index (χ0) is 13.6. The van der Waals surface area contributed by atoms with Crippen LogP contribution >= 0.6 is 0 Å². The lowest BCUT2D eigenvalue weighted by Crippen LogP contribution is -2.20. The summed E-state index contributed by atoms with van der Waals surface area (Å²) >= 11 is 0. The van der Waals surface area contributed by atoms with Gasteiger partial charge in [0.2, 0.25) is 0 Å². The fourth-order valence-electron chi connectivity index (χ4n) is 2.29. The van der Waals surface area contributed by atoms with E-state index in [0.717, 1.165) is 18.4 Å². The molecule has 1 heterocycles. The number of hydrogen-bond donors (Lipinski definition) is 1. The van der Waals surface area contributed by atoms with Gasteiger partial charge in [0.1, 0.15) is 5.52 Å². The molecule has 0 saturated heterocycles. The summed E-state index contributed by atoms with van der Waals surface area (Å²) in [6.45, 7) is 3.17. The van der Waals surface area contributed by atoms with Gasteiger partial charge in [-0.1, -0.05) is 6.92 Å². The van der Waals surface area contributed by atoms with Gasteiger partial charge in [0.15, 0.2) is 5.58 Å². The fourth-order valence-corrected chi connectivity index (χ4v) is 2.29. The molecule has 0 aliphatic heterocycles. The highest BCUT2D eigenvalue weighted by molar-refractivity contribution is 5.92. The van der Waals surface area contributed by atoms with Crippen LogP contribution in [0.5, 0.6) is 0 Å². The largest absolute Gasteiger partial charge is 0.478 e. The summed E-state index contributed by atoms with van der Waals surface area (Å²) in [5.41, 5.74) is 1.43. The van der Waals surface area contributed by atoms with Gasteiger partial charge >= 0.3 is 5.97 Å². The Morgan fingerprint density at radius 1 is 1.58 bits per heavy atom. The average molecular weight is 260 g/mol. The standard InChI is InChI=1S/C14H16N2O3/c1-8-5-10(8)7-16(2)14-15-11-4-3-9(13(17)18)6-12(11)19-14/h3-4,6,8,10H,5,7H2,1-2H3,(H,17,18). The number of anilines is 1. The van der Waals surface area contributed by atoms with Crippen LogP contribution in [0.4, 0.5) is 6.01 Å². The summed E-state index contributed by atoms with van der Waals surface area (Å²) in [6.07, 6.45) is 1.26. The first-order chi connectivity index (χ1) is 9.04. The molecule has 2 atom stereocenters. The fraction of sp³-hybridized carbons (Fsp3) is 0.429. The van der Waals surface area contributed by atoms with E-state index in [4.69, 9.17) is 9.52 Å². The van der Waals surface area contributed by atoms with Crippen LogP contribution in [0.2, 0.25) is 0 Å². The van der Waals surface area contributed by atoms with Gasteiger partial charge in [-0.25, -0.2) is 4.79 Å². The van der Waals surface area contributed by atoms with Crippen molar-refractivity contribution in [2.75, 3.05) is 18.5 Å². The Bertz CT molecular complexity index is 635. The first-order valence-electron chi connectivity index (χ1n) is 6.39. The molecule has 3 rings (SSSR count). The van der Waals surface area contributed by atoms with Crippen molar-refractivity contribution in [2.45, 2.75) is 13.3 Å². The maximum atomic E-state index is 10.9. The molecule has 100 valence electrons. The van der Waals surface area contributed by atoms with Crippen LogP contribution in [0.25, 0.3) is 11.1 Å². The molecule has 2 aromatic rings. The van der Waals surface area contributed by atoms with Gasteiger partial charge in [-0.2, -0.15) is 4.98 Å². The predicted molar refractivity (Wildman–Crippen MR) is 71.5 cm³/mol. The van der Waals surface area contributed by atoms with Gasteiger partial charge in [0, 0.05) is 13.6 Å². The zero-order valence-electron chi connectivity index (χ0n) is 11.0. The van der Waals surface area contributed by atoms with E-state index in [9.17, 15) is 4.79 Å². The molecule has 1 aromatic heterocycles. The molecular formula is C14H16N2O3. The monoisotopic (exact) mass is 260 g/mol. The Kier molecular flexibility index (Phi) is 2.69. The Morgan fingerprint density at radius 2 is 2.32 bits per heavy atom. The number of aromatic nitrogens is 1. The second kappa shape index (κ2) is 4.26. The molecule has 0 amide bonds. The number of nitrogens with zero attached hydrogens (tertiary/aromatic N) is 2. The van der Waals surface area contributed by atoms with Crippen LogP contribution in [0.1, 0.15) is 23.7 Å². The second-order valence-electron chi connectivity index (χ2n) is 5.34. The summed E-state index contributed by atoms with van der Waals surface area (Å²) in [4.78, 5) is 17.3. The Hall–Kier alpha value is -2.04. The van der Waals surface area contributed by atoms with Crippen LogP contribution in [0.15, 0.2) is 22.6 Å². The van der Waals surface area contributed by atoms with E-state index in [1.807, 2.05) is 11.9 Å². The zero-order valence-corrected chi connectivity index (χ0v) is 11.0. The Labute approximate surface area is 110 Å². The molecule has 0 radical (unpaired) electrons. The minimum Gasteiger partial charge on any atom is -0.478 e. The molecule has 19 heavy (non-hydrogen) atoms. The number of fused-ring (bicyclic) bond motifs is 1. The highest BCUT2D eigenvalue weighted by atomic mass is 16.4. The van der Waals surface area contributed by atoms with Crippen LogP contribution in [-0.4, -0.2) is 29.7 Å². The van der Waals surface area contributed by atoms with E-state index < -0.39 is 5.97 Å². The molecular weight excluding hydrogens is 244 g/mol. The molecule has 2 unspecified atom stereocenters. The van der Waals surface area contributed by atoms with Crippen LogP contribution < -0.4 is 4.90 Å². The second-order valence-corrected chi connectivity index (χ2v) is 5.34. The van der Waals surface area contributed by atoms with Gasteiger partial charge in [0.05, 0.1) is 5.56 Å². The maximum absolute atomic E-state index is 10.9. The van der Waals surface area contributed by atoms with Crippen molar-refractivity contribution in [2.24, 2.45) is 11.8 Å². The lowest BCUT2D eigenvalue weighted by Gasteiger charge is -2.13. The molecule has 5 nitrogen and oxygen atoms in total. The number of carbonyl (C=O) groups is 1. The lowest BCUT2D eigenvalue weighted by molar-refractivity contribution is 0.0697. The van der Waals surface area contributed by atoms with E-state index in [0.29, 0.717) is 17.1 Å². The number of benzene rings is 1. The first kappa shape index (κ1) is 12.0. The number of carboxylic acids is 1. The number of rotatable bonds is 4. The van der Waals surface area contributed by atoms with Crippen molar-refractivity contribution in [1.82, 2.24) is 4.98 Å². The first-order valence-corrected chi connectivity index (χ1v) is 6.39. The van der Waals surface area contributed by atoms with E-state index in [1.165, 1.54) is 12.5 Å². The van der Waals surface area contributed by atoms with Crippen LogP contribution in [0, 0.1) is 11.8 Å². The van der Waals surface area contributed by atoms with Crippen molar-refractivity contribution in [3.63, 3.8) is 0 Å². The molecule has 1 N–H and O–H groups in total. The van der Waals surface area contributed by atoms with Crippen molar-refractivity contribution < 1.29 is 14.3 Å². The van der Waals surface area contributed by atoms with E-state index in [-0.39, 0.29) is 5.56 Å². The number of hydrogen-bond acceptors (Lipinski definition) is 4.